The van der Waals surface area contributed by atoms with Gasteiger partial charge in [0.1, 0.15) is 13.2 Å². The highest BCUT2D eigenvalue weighted by molar-refractivity contribution is 7.90. The van der Waals surface area contributed by atoms with Crippen molar-refractivity contribution >= 4 is 15.8 Å². The monoisotopic (exact) mass is 484 g/mol. The predicted molar refractivity (Wildman–Crippen MR) is 115 cm³/mol. The Morgan fingerprint density at radius 1 is 1.15 bits per heavy atom. The minimum Gasteiger partial charge on any atom is -0.463 e. The van der Waals surface area contributed by atoms with Crippen molar-refractivity contribution < 1.29 is 31.1 Å². The third-order valence-corrected chi connectivity index (χ3v) is 5.80. The van der Waals surface area contributed by atoms with Gasteiger partial charge in [-0.2, -0.15) is 18.3 Å². The second-order valence-electron chi connectivity index (χ2n) is 7.68. The number of nitrogens with zero attached hydrogens (tertiary/aromatic N) is 3. The second kappa shape index (κ2) is 9.40. The molecule has 178 valence electrons. The van der Waals surface area contributed by atoms with Gasteiger partial charge in [-0.1, -0.05) is 12.1 Å². The number of likely N-dealkylation sites (N-methyl/N-ethyl adjacent to an activating group) is 1. The second-order valence-corrected chi connectivity index (χ2v) is 9.70. The van der Waals surface area contributed by atoms with E-state index >= 15 is 0 Å². The normalized spacial score (nSPS) is 12.3. The molecule has 33 heavy (non-hydrogen) atoms. The molecule has 1 N–H and O–H groups in total. The van der Waals surface area contributed by atoms with Gasteiger partial charge in [0.15, 0.2) is 15.5 Å². The highest BCUT2D eigenvalue weighted by Crippen LogP contribution is 2.33. The fourth-order valence-corrected chi connectivity index (χ4v) is 3.68. The number of hydrogen-bond acceptors (Lipinski definition) is 6. The van der Waals surface area contributed by atoms with Gasteiger partial charge in [0.25, 0.3) is 0 Å². The van der Waals surface area contributed by atoms with Crippen molar-refractivity contribution in [2.24, 2.45) is 0 Å². The van der Waals surface area contributed by atoms with E-state index < -0.39 is 34.2 Å². The molecular formula is C21H23F3N4O4S. The molecule has 0 radical (unpaired) electrons. The maximum Gasteiger partial charge on any atom is 0.435 e. The molecule has 2 aromatic heterocycles. The first-order chi connectivity index (χ1) is 15.3. The Morgan fingerprint density at radius 3 is 2.48 bits per heavy atom. The quantitative estimate of drug-likeness (QED) is 0.494. The molecule has 0 amide bonds. The van der Waals surface area contributed by atoms with Gasteiger partial charge < -0.3 is 14.6 Å². The van der Waals surface area contributed by atoms with Crippen LogP contribution < -0.4 is 0 Å². The first-order valence-electron chi connectivity index (χ1n) is 9.80. The largest absolute Gasteiger partial charge is 0.463 e. The van der Waals surface area contributed by atoms with Crippen LogP contribution in [-0.4, -0.2) is 67.6 Å². The minimum atomic E-state index is -4.70. The third-order valence-electron chi connectivity index (χ3n) is 4.69. The number of benzene rings is 1. The number of hydrogen-bond donors (Lipinski definition) is 1. The molecule has 0 bridgehead atoms. The van der Waals surface area contributed by atoms with Crippen LogP contribution in [0.25, 0.3) is 22.6 Å². The zero-order valence-corrected chi connectivity index (χ0v) is 19.0. The summed E-state index contributed by atoms with van der Waals surface area (Å²) in [6.45, 7) is 0.0622. The van der Waals surface area contributed by atoms with Crippen LogP contribution in [-0.2, 0) is 32.1 Å². The first-order valence-corrected chi connectivity index (χ1v) is 11.7. The van der Waals surface area contributed by atoms with Crippen molar-refractivity contribution in [1.82, 2.24) is 19.7 Å². The van der Waals surface area contributed by atoms with E-state index in [2.05, 4.69) is 10.1 Å². The summed E-state index contributed by atoms with van der Waals surface area (Å²) in [5.41, 5.74) is 0.199. The Balaban J connectivity index is 1.92. The van der Waals surface area contributed by atoms with Crippen LogP contribution in [0.4, 0.5) is 13.2 Å². The molecule has 0 unspecified atom stereocenters. The van der Waals surface area contributed by atoms with Gasteiger partial charge in [-0.3, -0.25) is 9.48 Å². The molecule has 8 nitrogen and oxygen atoms in total. The highest BCUT2D eigenvalue weighted by atomic mass is 32.2. The minimum absolute atomic E-state index is 0.0393. The smallest absolute Gasteiger partial charge is 0.435 e. The van der Waals surface area contributed by atoms with E-state index in [9.17, 15) is 26.4 Å². The van der Waals surface area contributed by atoms with Crippen molar-refractivity contribution in [3.05, 3.63) is 48.2 Å². The Bertz CT molecular complexity index is 1250. The zero-order valence-electron chi connectivity index (χ0n) is 18.2. The molecule has 0 aliphatic rings. The molecule has 0 atom stereocenters. The molecule has 0 spiro atoms. The van der Waals surface area contributed by atoms with Crippen LogP contribution in [0, 0.1) is 0 Å². The first kappa shape index (κ1) is 24.5. The number of carbonyl (C=O) groups is 1. The zero-order chi connectivity index (χ0) is 24.4. The Kier molecular flexibility index (Phi) is 6.98. The number of esters is 1. The van der Waals surface area contributed by atoms with Gasteiger partial charge in [0.05, 0.1) is 16.3 Å². The molecule has 0 saturated carbocycles. The topological polar surface area (TPSA) is 97.3 Å². The van der Waals surface area contributed by atoms with Crippen molar-refractivity contribution in [3.63, 3.8) is 0 Å². The van der Waals surface area contributed by atoms with E-state index in [1.165, 1.54) is 18.2 Å². The lowest BCUT2D eigenvalue weighted by Gasteiger charge is -2.11. The fourth-order valence-electron chi connectivity index (χ4n) is 3.01. The third kappa shape index (κ3) is 6.23. The number of alkyl halides is 3. The lowest BCUT2D eigenvalue weighted by Crippen LogP contribution is -2.22. The van der Waals surface area contributed by atoms with Crippen LogP contribution in [0.5, 0.6) is 0 Å². The van der Waals surface area contributed by atoms with Crippen LogP contribution >= 0.6 is 0 Å². The number of rotatable bonds is 8. The van der Waals surface area contributed by atoms with E-state index in [4.69, 9.17) is 4.74 Å². The average Bonchev–Trinajstić information content (AvgIpc) is 3.34. The average molecular weight is 485 g/mol. The summed E-state index contributed by atoms with van der Waals surface area (Å²) in [5.74, 6) is -0.720. The lowest BCUT2D eigenvalue weighted by molar-refractivity contribution is -0.146. The van der Waals surface area contributed by atoms with Crippen LogP contribution in [0.3, 0.4) is 0 Å². The summed E-state index contributed by atoms with van der Waals surface area (Å²) < 4.78 is 69.5. The molecule has 0 aliphatic heterocycles. The van der Waals surface area contributed by atoms with Gasteiger partial charge in [-0.25, -0.2) is 8.42 Å². The maximum absolute atomic E-state index is 13.3. The number of halogens is 3. The predicted octanol–water partition coefficient (Wildman–Crippen LogP) is 3.07. The highest BCUT2D eigenvalue weighted by Gasteiger charge is 2.35. The number of ether oxygens (including phenoxy) is 1. The Hall–Kier alpha value is -3.12. The van der Waals surface area contributed by atoms with E-state index in [-0.39, 0.29) is 22.9 Å². The Morgan fingerprint density at radius 2 is 1.85 bits per heavy atom. The fraction of sp³-hybridized carbons (Fsp3) is 0.333. The number of carbonyl (C=O) groups excluding carboxylic acids is 1. The maximum atomic E-state index is 13.3. The molecule has 12 heteroatoms. The summed E-state index contributed by atoms with van der Waals surface area (Å²) in [6, 6.07) is 10.1. The molecule has 0 aliphatic carbocycles. The summed E-state index contributed by atoms with van der Waals surface area (Å²) in [5, 5.41) is 3.55. The van der Waals surface area contributed by atoms with Gasteiger partial charge in [-0.15, -0.1) is 0 Å². The van der Waals surface area contributed by atoms with E-state index in [1.807, 2.05) is 0 Å². The summed E-state index contributed by atoms with van der Waals surface area (Å²) in [7, 11) is 0.158. The van der Waals surface area contributed by atoms with E-state index in [1.54, 1.807) is 37.2 Å². The molecule has 2 heterocycles. The van der Waals surface area contributed by atoms with E-state index in [0.717, 1.165) is 17.0 Å². The summed E-state index contributed by atoms with van der Waals surface area (Å²) in [4.78, 5) is 17.0. The van der Waals surface area contributed by atoms with Crippen molar-refractivity contribution in [2.75, 3.05) is 33.5 Å². The Labute approximate surface area is 188 Å². The van der Waals surface area contributed by atoms with Gasteiger partial charge >= 0.3 is 12.1 Å². The standard InChI is InChI=1S/C21H23F3N4O4S/c1-27(2)9-10-32-20(29)13-28-18(12-19(26-28)21(22,23)24)17-8-7-16(25-17)14-5-4-6-15(11-14)33(3,30)31/h4-8,11-12,25H,9-10,13H2,1-3H3. The summed E-state index contributed by atoms with van der Waals surface area (Å²) in [6.07, 6.45) is -3.62. The van der Waals surface area contributed by atoms with Gasteiger partial charge in [0.2, 0.25) is 0 Å². The number of H-pyrrole nitrogens is 1. The van der Waals surface area contributed by atoms with Gasteiger partial charge in [0, 0.05) is 18.5 Å². The molecule has 0 saturated heterocycles. The number of nitrogens with one attached hydrogen (secondary N) is 1. The lowest BCUT2D eigenvalue weighted by atomic mass is 10.2. The van der Waals surface area contributed by atoms with Crippen molar-refractivity contribution in [3.8, 4) is 22.6 Å². The number of aromatic nitrogens is 3. The molecular weight excluding hydrogens is 461 g/mol. The molecule has 1 aromatic carbocycles. The number of aromatic amines is 1. The van der Waals surface area contributed by atoms with Gasteiger partial charge in [-0.05, 0) is 50.0 Å². The summed E-state index contributed by atoms with van der Waals surface area (Å²) >= 11 is 0. The van der Waals surface area contributed by atoms with Crippen LogP contribution in [0.2, 0.25) is 0 Å². The van der Waals surface area contributed by atoms with Crippen LogP contribution in [0.1, 0.15) is 5.69 Å². The molecule has 3 rings (SSSR count). The SMILES string of the molecule is CN(C)CCOC(=O)Cn1nc(C(F)(F)F)cc1-c1ccc(-c2cccc(S(C)(=O)=O)c2)[nH]1. The van der Waals surface area contributed by atoms with Crippen molar-refractivity contribution in [2.45, 2.75) is 17.6 Å². The van der Waals surface area contributed by atoms with E-state index in [0.29, 0.717) is 17.8 Å². The van der Waals surface area contributed by atoms with Crippen LogP contribution in [0.15, 0.2) is 47.4 Å². The number of sulfone groups is 1. The molecule has 3 aromatic rings. The van der Waals surface area contributed by atoms with Crippen molar-refractivity contribution in [1.29, 1.82) is 0 Å². The molecule has 0 fully saturated rings.